The Balaban J connectivity index is 1.44. The number of nitrogens with zero attached hydrogens (tertiary/aromatic N) is 5. The van der Waals surface area contributed by atoms with Crippen LogP contribution in [0.15, 0.2) is 34.9 Å². The highest BCUT2D eigenvalue weighted by Gasteiger charge is 2.26. The van der Waals surface area contributed by atoms with Gasteiger partial charge in [-0.3, -0.25) is 4.79 Å². The summed E-state index contributed by atoms with van der Waals surface area (Å²) in [5.41, 5.74) is 0.728. The van der Waals surface area contributed by atoms with Gasteiger partial charge in [0.1, 0.15) is 11.6 Å². The fourth-order valence-electron chi connectivity index (χ4n) is 3.19. The molecule has 130 valence electrons. The van der Waals surface area contributed by atoms with E-state index in [-0.39, 0.29) is 11.8 Å². The van der Waals surface area contributed by atoms with Crippen LogP contribution in [-0.4, -0.2) is 38.8 Å². The van der Waals surface area contributed by atoms with Crippen LogP contribution >= 0.6 is 0 Å². The van der Waals surface area contributed by atoms with Crippen LogP contribution in [-0.2, 0) is 11.3 Å². The van der Waals surface area contributed by atoms with Gasteiger partial charge in [0.15, 0.2) is 11.5 Å². The van der Waals surface area contributed by atoms with E-state index in [1.807, 2.05) is 31.2 Å². The Morgan fingerprint density at radius 1 is 1.36 bits per heavy atom. The number of hydrogen-bond acceptors (Lipinski definition) is 6. The number of amides is 1. The Bertz CT molecular complexity index is 873. The first kappa shape index (κ1) is 15.6. The summed E-state index contributed by atoms with van der Waals surface area (Å²) in [6.07, 6.45) is 3.45. The molecule has 4 rings (SSSR count). The third kappa shape index (κ3) is 3.19. The van der Waals surface area contributed by atoms with E-state index in [0.29, 0.717) is 13.1 Å². The van der Waals surface area contributed by atoms with Crippen molar-refractivity contribution in [3.8, 4) is 0 Å². The van der Waals surface area contributed by atoms with Crippen molar-refractivity contribution in [3.05, 3.63) is 42.1 Å². The number of aryl methyl sites for hydroxylation is 1. The molecule has 25 heavy (non-hydrogen) atoms. The quantitative estimate of drug-likeness (QED) is 0.775. The Hall–Kier alpha value is -2.90. The lowest BCUT2D eigenvalue weighted by atomic mass is 9.97. The number of rotatable bonds is 4. The predicted octanol–water partition coefficient (Wildman–Crippen LogP) is 1.56. The number of hydrogen-bond donors (Lipinski definition) is 1. The normalized spacial score (nSPS) is 17.8. The molecular weight excluding hydrogens is 320 g/mol. The topological polar surface area (TPSA) is 88.6 Å². The maximum absolute atomic E-state index is 12.5. The number of carbonyl (C=O) groups excluding carboxylic acids is 1. The fraction of sp³-hybridized carbons (Fsp3) is 0.412. The van der Waals surface area contributed by atoms with Gasteiger partial charge in [-0.2, -0.15) is 4.52 Å². The lowest BCUT2D eigenvalue weighted by Gasteiger charge is -2.32. The van der Waals surface area contributed by atoms with Crippen LogP contribution in [0.5, 0.6) is 0 Å². The zero-order valence-electron chi connectivity index (χ0n) is 14.1. The van der Waals surface area contributed by atoms with Gasteiger partial charge in [0.2, 0.25) is 5.91 Å². The smallest absolute Gasteiger partial charge is 0.225 e. The number of nitrogens with one attached hydrogen (secondary N) is 1. The average molecular weight is 340 g/mol. The van der Waals surface area contributed by atoms with Crippen molar-refractivity contribution in [1.82, 2.24) is 25.1 Å². The summed E-state index contributed by atoms with van der Waals surface area (Å²) < 4.78 is 6.99. The fourth-order valence-corrected chi connectivity index (χ4v) is 3.19. The van der Waals surface area contributed by atoms with Crippen LogP contribution < -0.4 is 10.2 Å². The van der Waals surface area contributed by atoms with Gasteiger partial charge in [0, 0.05) is 13.1 Å². The minimum absolute atomic E-state index is 0.0526. The molecule has 0 spiro atoms. The number of piperidine rings is 1. The lowest BCUT2D eigenvalue weighted by molar-refractivity contribution is -0.125. The van der Waals surface area contributed by atoms with Gasteiger partial charge in [-0.05, 0) is 44.0 Å². The van der Waals surface area contributed by atoms with Crippen molar-refractivity contribution in [3.63, 3.8) is 0 Å². The molecule has 3 aromatic heterocycles. The van der Waals surface area contributed by atoms with Gasteiger partial charge in [0.05, 0.1) is 18.7 Å². The van der Waals surface area contributed by atoms with Gasteiger partial charge >= 0.3 is 0 Å². The summed E-state index contributed by atoms with van der Waals surface area (Å²) in [6, 6.07) is 7.52. The number of fused-ring (bicyclic) bond motifs is 1. The summed E-state index contributed by atoms with van der Waals surface area (Å²) in [7, 11) is 0. The van der Waals surface area contributed by atoms with Gasteiger partial charge in [0.25, 0.3) is 0 Å². The Morgan fingerprint density at radius 2 is 2.28 bits per heavy atom. The van der Waals surface area contributed by atoms with Gasteiger partial charge < -0.3 is 14.6 Å². The molecule has 3 aromatic rings. The van der Waals surface area contributed by atoms with Crippen molar-refractivity contribution in [2.75, 3.05) is 18.0 Å². The molecule has 0 aliphatic carbocycles. The number of aromatic nitrogens is 4. The first-order chi connectivity index (χ1) is 12.2. The second-order valence-electron chi connectivity index (χ2n) is 6.29. The molecule has 1 unspecified atom stereocenters. The van der Waals surface area contributed by atoms with Crippen LogP contribution in [0.2, 0.25) is 0 Å². The first-order valence-corrected chi connectivity index (χ1v) is 8.45. The predicted molar refractivity (Wildman–Crippen MR) is 91.0 cm³/mol. The van der Waals surface area contributed by atoms with E-state index in [0.717, 1.165) is 42.4 Å². The van der Waals surface area contributed by atoms with E-state index in [4.69, 9.17) is 4.42 Å². The zero-order chi connectivity index (χ0) is 17.2. The number of carbonyl (C=O) groups is 1. The summed E-state index contributed by atoms with van der Waals surface area (Å²) in [6.45, 7) is 3.84. The highest BCUT2D eigenvalue weighted by molar-refractivity contribution is 5.79. The zero-order valence-corrected chi connectivity index (χ0v) is 14.1. The second kappa shape index (κ2) is 6.54. The van der Waals surface area contributed by atoms with Crippen molar-refractivity contribution in [1.29, 1.82) is 0 Å². The summed E-state index contributed by atoms with van der Waals surface area (Å²) >= 11 is 0. The molecule has 0 aromatic carbocycles. The highest BCUT2D eigenvalue weighted by Crippen LogP contribution is 2.22. The lowest BCUT2D eigenvalue weighted by Crippen LogP contribution is -2.43. The van der Waals surface area contributed by atoms with Crippen molar-refractivity contribution in [2.45, 2.75) is 26.3 Å². The van der Waals surface area contributed by atoms with Crippen LogP contribution in [0.1, 0.15) is 24.4 Å². The van der Waals surface area contributed by atoms with Crippen molar-refractivity contribution >= 4 is 17.4 Å². The Kier molecular flexibility index (Phi) is 4.09. The molecule has 0 bridgehead atoms. The highest BCUT2D eigenvalue weighted by atomic mass is 16.3. The van der Waals surface area contributed by atoms with E-state index >= 15 is 0 Å². The van der Waals surface area contributed by atoms with Crippen molar-refractivity contribution in [2.24, 2.45) is 5.92 Å². The van der Waals surface area contributed by atoms with Gasteiger partial charge in [-0.15, -0.1) is 15.3 Å². The van der Waals surface area contributed by atoms with Crippen LogP contribution in [0, 0.1) is 12.8 Å². The van der Waals surface area contributed by atoms with E-state index in [2.05, 4.69) is 25.5 Å². The molecule has 0 radical (unpaired) electrons. The van der Waals surface area contributed by atoms with Crippen LogP contribution in [0.25, 0.3) is 5.65 Å². The van der Waals surface area contributed by atoms with Gasteiger partial charge in [-0.25, -0.2) is 0 Å². The molecule has 1 aliphatic rings. The maximum atomic E-state index is 12.5. The second-order valence-corrected chi connectivity index (χ2v) is 6.29. The van der Waals surface area contributed by atoms with E-state index in [9.17, 15) is 4.79 Å². The largest absolute Gasteiger partial charge is 0.467 e. The standard InChI is InChI=1S/C17H20N6O2/c1-12-19-20-15-6-7-16(21-23(12)15)22-8-2-4-13(11-22)17(24)18-10-14-5-3-9-25-14/h3,5-7,9,13H,2,4,8,10-11H2,1H3,(H,18,24). The Labute approximate surface area is 144 Å². The minimum Gasteiger partial charge on any atom is -0.467 e. The molecule has 4 heterocycles. The van der Waals surface area contributed by atoms with Crippen LogP contribution in [0.4, 0.5) is 5.82 Å². The molecule has 1 N–H and O–H groups in total. The summed E-state index contributed by atoms with van der Waals surface area (Å²) in [5, 5.41) is 15.7. The van der Waals surface area contributed by atoms with Crippen LogP contribution in [0.3, 0.4) is 0 Å². The molecule has 1 fully saturated rings. The summed E-state index contributed by atoms with van der Waals surface area (Å²) in [5.74, 6) is 2.36. The molecule has 8 heteroatoms. The molecule has 1 saturated heterocycles. The summed E-state index contributed by atoms with van der Waals surface area (Å²) in [4.78, 5) is 14.6. The molecule has 1 aliphatic heterocycles. The third-order valence-electron chi connectivity index (χ3n) is 4.54. The number of furan rings is 1. The van der Waals surface area contributed by atoms with Crippen molar-refractivity contribution < 1.29 is 9.21 Å². The maximum Gasteiger partial charge on any atom is 0.225 e. The molecule has 8 nitrogen and oxygen atoms in total. The molecule has 1 atom stereocenters. The molecule has 1 amide bonds. The van der Waals surface area contributed by atoms with E-state index in [1.165, 1.54) is 0 Å². The Morgan fingerprint density at radius 3 is 3.12 bits per heavy atom. The first-order valence-electron chi connectivity index (χ1n) is 8.45. The monoisotopic (exact) mass is 340 g/mol. The molecule has 0 saturated carbocycles. The van der Waals surface area contributed by atoms with E-state index < -0.39 is 0 Å². The minimum atomic E-state index is -0.0526. The third-order valence-corrected chi connectivity index (χ3v) is 4.54. The van der Waals surface area contributed by atoms with E-state index in [1.54, 1.807) is 10.8 Å². The number of anilines is 1. The average Bonchev–Trinajstić information content (AvgIpc) is 3.30. The molecular formula is C17H20N6O2. The van der Waals surface area contributed by atoms with Gasteiger partial charge in [-0.1, -0.05) is 0 Å². The SMILES string of the molecule is Cc1nnc2ccc(N3CCCC(C(=O)NCc4ccco4)C3)nn12.